The van der Waals surface area contributed by atoms with Crippen LogP contribution in [0.1, 0.15) is 0 Å². The van der Waals surface area contributed by atoms with Crippen molar-refractivity contribution in [1.82, 2.24) is 0 Å². The van der Waals surface area contributed by atoms with Gasteiger partial charge in [-0.3, -0.25) is 0 Å². The van der Waals surface area contributed by atoms with Crippen LogP contribution < -0.4 is 17.6 Å². The van der Waals surface area contributed by atoms with Gasteiger partial charge in [0.2, 0.25) is 0 Å². The third-order valence-corrected chi connectivity index (χ3v) is 25.1. The molecule has 296 valence electrons. The molecule has 12 aromatic rings. The van der Waals surface area contributed by atoms with Crippen molar-refractivity contribution in [1.29, 1.82) is 0 Å². The van der Waals surface area contributed by atoms with Gasteiger partial charge in [0.15, 0.2) is 0 Å². The Morgan fingerprint density at radius 1 is 0.238 bits per heavy atom. The Bertz CT molecular complexity index is 3360. The van der Waals surface area contributed by atoms with Crippen LogP contribution in [0.15, 0.2) is 243 Å². The van der Waals surface area contributed by atoms with E-state index in [1.54, 1.807) is 0 Å². The molecule has 0 N–H and O–H groups in total. The molecule has 0 saturated heterocycles. The van der Waals surface area contributed by atoms with Gasteiger partial charge in [-0.05, 0) is 0 Å². The predicted molar refractivity (Wildman–Crippen MR) is 278 cm³/mol. The summed E-state index contributed by atoms with van der Waals surface area (Å²) >= 11 is -0.185. The molecule has 0 fully saturated rings. The third kappa shape index (κ3) is 6.48. The van der Waals surface area contributed by atoms with E-state index in [0.717, 1.165) is 0 Å². The molecule has 0 spiro atoms. The van der Waals surface area contributed by atoms with Crippen molar-refractivity contribution in [3.05, 3.63) is 243 Å². The average molecular weight is 898 g/mol. The van der Waals surface area contributed by atoms with E-state index in [1.165, 1.54) is 102 Å². The van der Waals surface area contributed by atoms with E-state index in [-0.39, 0.29) is 0 Å². The molecular weight excluding hydrogens is 857 g/mol. The zero-order valence-electron chi connectivity index (χ0n) is 34.4. The van der Waals surface area contributed by atoms with Gasteiger partial charge >= 0.3 is 381 Å². The van der Waals surface area contributed by atoms with Gasteiger partial charge in [-0.2, -0.15) is 0 Å². The first-order chi connectivity index (χ1) is 31.2. The Balaban J connectivity index is 1.22. The second-order valence-electron chi connectivity index (χ2n) is 16.4. The fraction of sp³-hybridized carbons (Fsp3) is 0. The van der Waals surface area contributed by atoms with Crippen molar-refractivity contribution in [2.45, 2.75) is 0 Å². The number of benzene rings is 10. The summed E-state index contributed by atoms with van der Waals surface area (Å²) in [6.45, 7) is 0. The number of fused-ring (bicyclic) bond motifs is 6. The molecule has 2 aromatic heterocycles. The Morgan fingerprint density at radius 3 is 1.02 bits per heavy atom. The summed E-state index contributed by atoms with van der Waals surface area (Å²) < 4.78 is 10.9. The molecule has 10 aromatic carbocycles. The molecule has 0 aliphatic rings. The number of hydrogen-bond donors (Lipinski definition) is 0. The molecule has 12 rings (SSSR count). The summed E-state index contributed by atoms with van der Waals surface area (Å²) in [5.41, 5.74) is 9.96. The zero-order valence-corrected chi connectivity index (χ0v) is 38.1. The molecule has 0 radical (unpaired) electrons. The molecule has 0 saturated carbocycles. The Morgan fingerprint density at radius 2 is 0.587 bits per heavy atom. The fourth-order valence-electron chi connectivity index (χ4n) is 9.92. The monoisotopic (exact) mass is 898 g/mol. The molecule has 0 aliphatic carbocycles. The van der Waals surface area contributed by atoms with Crippen LogP contribution in [0.4, 0.5) is 0 Å². The maximum absolute atomic E-state index is 3.99. The van der Waals surface area contributed by atoms with E-state index >= 15 is 0 Å². The topological polar surface area (TPSA) is 0 Å². The van der Waals surface area contributed by atoms with E-state index in [4.69, 9.17) is 0 Å². The molecule has 3 heteroatoms. The molecule has 2 heterocycles. The Kier molecular flexibility index (Phi) is 9.52. The normalized spacial score (nSPS) is 11.8. The number of hydrogen-bond acceptors (Lipinski definition) is 2. The van der Waals surface area contributed by atoms with Gasteiger partial charge in [0.25, 0.3) is 0 Å². The van der Waals surface area contributed by atoms with E-state index in [9.17, 15) is 0 Å². The first-order valence-electron chi connectivity index (χ1n) is 21.6. The van der Waals surface area contributed by atoms with Gasteiger partial charge in [-0.1, -0.05) is 0 Å². The first-order valence-corrected chi connectivity index (χ1v) is 27.4. The van der Waals surface area contributed by atoms with Gasteiger partial charge in [0.05, 0.1) is 0 Å². The molecule has 63 heavy (non-hydrogen) atoms. The summed E-state index contributed by atoms with van der Waals surface area (Å²) in [5, 5.41) is 5.26. The zero-order chi connectivity index (χ0) is 41.7. The molecule has 0 nitrogen and oxygen atoms in total. The van der Waals surface area contributed by atoms with E-state index in [2.05, 4.69) is 243 Å². The minimum atomic E-state index is -3.99. The molecule has 0 bridgehead atoms. The van der Waals surface area contributed by atoms with Crippen molar-refractivity contribution >= 4 is 93.9 Å². The van der Waals surface area contributed by atoms with Crippen LogP contribution in [-0.4, -0.2) is 13.3 Å². The molecular formula is C60H40GeS2. The van der Waals surface area contributed by atoms with E-state index in [1.807, 2.05) is 22.7 Å². The fourth-order valence-corrected chi connectivity index (χ4v) is 22.6. The van der Waals surface area contributed by atoms with Crippen LogP contribution >= 0.6 is 22.7 Å². The van der Waals surface area contributed by atoms with Crippen LogP contribution in [0.25, 0.3) is 84.9 Å². The SMILES string of the molecule is c1ccc(-c2cc(-c3cccc4c3sc3ccccc34)c[c]([Ge]([c]3ccccc3)([c]3ccccc3)[c]3cc(-c4ccccc4)cc(-c4cccc5c4sc4ccccc45)c3)c2)cc1. The van der Waals surface area contributed by atoms with Gasteiger partial charge in [-0.15, -0.1) is 0 Å². The van der Waals surface area contributed by atoms with Gasteiger partial charge in [0.1, 0.15) is 0 Å². The Labute approximate surface area is 378 Å². The molecule has 0 amide bonds. The minimum absolute atomic E-state index is 1.22. The summed E-state index contributed by atoms with van der Waals surface area (Å²) in [5.74, 6) is 0. The molecule has 0 unspecified atom stereocenters. The maximum atomic E-state index is 2.58. The number of thiophene rings is 2. The van der Waals surface area contributed by atoms with Gasteiger partial charge in [0, 0.05) is 0 Å². The van der Waals surface area contributed by atoms with Gasteiger partial charge in [-0.25, -0.2) is 0 Å². The van der Waals surface area contributed by atoms with Crippen molar-refractivity contribution in [3.63, 3.8) is 0 Å². The summed E-state index contributed by atoms with van der Waals surface area (Å²) in [6.07, 6.45) is 0. The standard InChI is InChI=1S/C60H40GeS2/c1-5-19-41(20-6-1)43-35-45(51-29-17-31-55-53-27-13-15-33-57(53)62-59(51)55)39-49(37-43)61(47-23-9-3-10-24-47,48-25-11-4-12-26-48)50-38-44(42-21-7-2-8-22-42)36-46(40-50)52-30-18-32-56-54-28-14-16-34-58(54)63-60(52)56/h1-40H. The second kappa shape index (κ2) is 15.8. The third-order valence-electron chi connectivity index (χ3n) is 12.8. The number of rotatable bonds is 8. The molecule has 0 aliphatic heterocycles. The molecule has 0 atom stereocenters. The summed E-state index contributed by atoms with van der Waals surface area (Å²) in [4.78, 5) is 0. The van der Waals surface area contributed by atoms with Crippen molar-refractivity contribution < 1.29 is 0 Å². The van der Waals surface area contributed by atoms with Crippen LogP contribution in [0.5, 0.6) is 0 Å². The van der Waals surface area contributed by atoms with Crippen LogP contribution in [0.3, 0.4) is 0 Å². The van der Waals surface area contributed by atoms with Crippen molar-refractivity contribution in [2.24, 2.45) is 0 Å². The predicted octanol–water partition coefficient (Wildman–Crippen LogP) is 14.5. The van der Waals surface area contributed by atoms with Crippen molar-refractivity contribution in [3.8, 4) is 44.5 Å². The van der Waals surface area contributed by atoms with Gasteiger partial charge < -0.3 is 0 Å². The van der Waals surface area contributed by atoms with Crippen LogP contribution in [-0.2, 0) is 0 Å². The average Bonchev–Trinajstić information content (AvgIpc) is 3.94. The summed E-state index contributed by atoms with van der Waals surface area (Å²) in [7, 11) is 0. The Hall–Kier alpha value is -6.82. The summed E-state index contributed by atoms with van der Waals surface area (Å²) in [6, 6.07) is 91.6. The quantitative estimate of drug-likeness (QED) is 0.133. The first kappa shape index (κ1) is 37.9. The van der Waals surface area contributed by atoms with Crippen molar-refractivity contribution in [2.75, 3.05) is 0 Å². The van der Waals surface area contributed by atoms with E-state index < -0.39 is 13.3 Å². The van der Waals surface area contributed by atoms with E-state index in [0.29, 0.717) is 0 Å². The van der Waals surface area contributed by atoms with Crippen LogP contribution in [0, 0.1) is 0 Å². The van der Waals surface area contributed by atoms with Crippen LogP contribution in [0.2, 0.25) is 0 Å². The second-order valence-corrected chi connectivity index (χ2v) is 26.5.